The van der Waals surface area contributed by atoms with Gasteiger partial charge < -0.3 is 4.90 Å². The van der Waals surface area contributed by atoms with Gasteiger partial charge in [-0.05, 0) is 66.4 Å². The standard InChI is InChI=1S/C31H33N3O6S2/c1-3-34(4-2)31(36)29(30(35)33-42(39,40)28-19-16-25-12-8-9-13-26(25)21-28)20-23-14-17-27(18-15-23)32-41(37,38)22-24-10-6-5-7-11-24/h5-19,21,29,32H,3-4,20,22H2,1-2H3,(H,33,35). The van der Waals surface area contributed by atoms with E-state index < -0.39 is 37.8 Å². The Kier molecular flexibility index (Phi) is 9.64. The second-order valence-electron chi connectivity index (χ2n) is 9.79. The molecule has 4 rings (SSSR count). The van der Waals surface area contributed by atoms with E-state index in [4.69, 9.17) is 0 Å². The van der Waals surface area contributed by atoms with Crippen molar-refractivity contribution in [3.05, 3.63) is 108 Å². The highest BCUT2D eigenvalue weighted by Crippen LogP contribution is 2.21. The number of nitrogens with one attached hydrogen (secondary N) is 2. The molecule has 1 unspecified atom stereocenters. The summed E-state index contributed by atoms with van der Waals surface area (Å²) in [5, 5.41) is 1.55. The van der Waals surface area contributed by atoms with Crippen LogP contribution < -0.4 is 9.44 Å². The molecule has 4 aromatic carbocycles. The van der Waals surface area contributed by atoms with Crippen LogP contribution in [0.25, 0.3) is 10.8 Å². The summed E-state index contributed by atoms with van der Waals surface area (Å²) in [4.78, 5) is 28.1. The van der Waals surface area contributed by atoms with Gasteiger partial charge in [-0.3, -0.25) is 14.3 Å². The second kappa shape index (κ2) is 13.2. The molecule has 0 radical (unpaired) electrons. The quantitative estimate of drug-likeness (QED) is 0.231. The minimum Gasteiger partial charge on any atom is -0.343 e. The van der Waals surface area contributed by atoms with Gasteiger partial charge in [0.25, 0.3) is 10.0 Å². The first-order valence-electron chi connectivity index (χ1n) is 13.5. The molecule has 11 heteroatoms. The number of anilines is 1. The third kappa shape index (κ3) is 7.74. The molecular weight excluding hydrogens is 574 g/mol. The maximum Gasteiger partial charge on any atom is 0.264 e. The second-order valence-corrected chi connectivity index (χ2v) is 13.2. The molecule has 2 amide bonds. The topological polar surface area (TPSA) is 130 Å². The Morgan fingerprint density at radius 2 is 1.36 bits per heavy atom. The zero-order valence-corrected chi connectivity index (χ0v) is 25.0. The van der Waals surface area contributed by atoms with E-state index in [-0.39, 0.29) is 17.1 Å². The molecule has 0 aliphatic heterocycles. The molecule has 9 nitrogen and oxygen atoms in total. The lowest BCUT2D eigenvalue weighted by Gasteiger charge is -2.25. The molecule has 42 heavy (non-hydrogen) atoms. The fourth-order valence-electron chi connectivity index (χ4n) is 4.60. The number of hydrogen-bond acceptors (Lipinski definition) is 6. The summed E-state index contributed by atoms with van der Waals surface area (Å²) in [5.41, 5.74) is 1.53. The molecule has 0 saturated heterocycles. The number of sulfonamides is 2. The summed E-state index contributed by atoms with van der Waals surface area (Å²) in [6, 6.07) is 26.9. The number of nitrogens with zero attached hydrogens (tertiary/aromatic N) is 1. The molecule has 0 aliphatic carbocycles. The molecule has 0 aromatic heterocycles. The summed E-state index contributed by atoms with van der Waals surface area (Å²) >= 11 is 0. The fourth-order valence-corrected chi connectivity index (χ4v) is 6.85. The minimum atomic E-state index is -4.26. The number of fused-ring (bicyclic) bond motifs is 1. The van der Waals surface area contributed by atoms with Gasteiger partial charge in [-0.1, -0.05) is 72.8 Å². The normalized spacial score (nSPS) is 12.4. The van der Waals surface area contributed by atoms with E-state index >= 15 is 0 Å². The summed E-state index contributed by atoms with van der Waals surface area (Å²) in [5.74, 6) is -2.95. The predicted molar refractivity (Wildman–Crippen MR) is 164 cm³/mol. The lowest BCUT2D eigenvalue weighted by Crippen LogP contribution is -2.46. The van der Waals surface area contributed by atoms with E-state index in [0.29, 0.717) is 35.3 Å². The van der Waals surface area contributed by atoms with Crippen LogP contribution in [0.5, 0.6) is 0 Å². The summed E-state index contributed by atoms with van der Waals surface area (Å²) < 4.78 is 56.2. The first-order valence-corrected chi connectivity index (χ1v) is 16.6. The average Bonchev–Trinajstić information content (AvgIpc) is 2.96. The number of carbonyl (C=O) groups is 2. The van der Waals surface area contributed by atoms with Gasteiger partial charge in [0.15, 0.2) is 0 Å². The lowest BCUT2D eigenvalue weighted by molar-refractivity contribution is -0.141. The Hall–Kier alpha value is -4.22. The van der Waals surface area contributed by atoms with E-state index in [2.05, 4.69) is 9.44 Å². The largest absolute Gasteiger partial charge is 0.343 e. The Bertz CT molecular complexity index is 1770. The maximum atomic E-state index is 13.4. The van der Waals surface area contributed by atoms with Crippen molar-refractivity contribution in [2.24, 2.45) is 5.92 Å². The molecule has 0 aliphatic rings. The summed E-state index contributed by atoms with van der Waals surface area (Å²) in [7, 11) is -7.93. The molecule has 0 saturated carbocycles. The van der Waals surface area contributed by atoms with Gasteiger partial charge in [0.2, 0.25) is 21.8 Å². The summed E-state index contributed by atoms with van der Waals surface area (Å²) in [6.07, 6.45) is -0.0779. The molecule has 0 heterocycles. The van der Waals surface area contributed by atoms with Crippen LogP contribution in [0.2, 0.25) is 0 Å². The predicted octanol–water partition coefficient (Wildman–Crippen LogP) is 4.31. The maximum absolute atomic E-state index is 13.4. The SMILES string of the molecule is CCN(CC)C(=O)C(Cc1ccc(NS(=O)(=O)Cc2ccccc2)cc1)C(=O)NS(=O)(=O)c1ccc2ccccc2c1. The molecular formula is C31H33N3O6S2. The van der Waals surface area contributed by atoms with Crippen LogP contribution in [0.1, 0.15) is 25.0 Å². The fraction of sp³-hybridized carbons (Fsp3) is 0.226. The Morgan fingerprint density at radius 1 is 0.738 bits per heavy atom. The molecule has 1 atom stereocenters. The molecule has 220 valence electrons. The van der Waals surface area contributed by atoms with Gasteiger partial charge in [-0.15, -0.1) is 0 Å². The monoisotopic (exact) mass is 607 g/mol. The van der Waals surface area contributed by atoms with Gasteiger partial charge in [0.05, 0.1) is 10.6 Å². The third-order valence-corrected chi connectivity index (χ3v) is 9.43. The Labute approximate surface area is 246 Å². The molecule has 0 fully saturated rings. The molecule has 0 bridgehead atoms. The number of hydrogen-bond donors (Lipinski definition) is 2. The van der Waals surface area contributed by atoms with Crippen molar-refractivity contribution in [2.45, 2.75) is 30.9 Å². The minimum absolute atomic E-state index is 0.0779. The van der Waals surface area contributed by atoms with Crippen molar-refractivity contribution in [2.75, 3.05) is 17.8 Å². The number of rotatable bonds is 12. The molecule has 2 N–H and O–H groups in total. The average molecular weight is 608 g/mol. The zero-order valence-electron chi connectivity index (χ0n) is 23.4. The van der Waals surface area contributed by atoms with Gasteiger partial charge in [0.1, 0.15) is 5.92 Å². The highest BCUT2D eigenvalue weighted by atomic mass is 32.2. The van der Waals surface area contributed by atoms with Gasteiger partial charge in [0, 0.05) is 18.8 Å². The lowest BCUT2D eigenvalue weighted by atomic mass is 9.97. The van der Waals surface area contributed by atoms with Crippen molar-refractivity contribution < 1.29 is 26.4 Å². The zero-order chi connectivity index (χ0) is 30.3. The van der Waals surface area contributed by atoms with E-state index in [1.54, 1.807) is 86.6 Å². The Morgan fingerprint density at radius 3 is 2.00 bits per heavy atom. The van der Waals surface area contributed by atoms with Crippen LogP contribution in [0.3, 0.4) is 0 Å². The highest BCUT2D eigenvalue weighted by Gasteiger charge is 2.33. The van der Waals surface area contributed by atoms with Gasteiger partial charge in [-0.2, -0.15) is 0 Å². The first kappa shape index (κ1) is 30.7. The molecule has 4 aromatic rings. The van der Waals surface area contributed by atoms with Gasteiger partial charge >= 0.3 is 0 Å². The van der Waals surface area contributed by atoms with Crippen molar-refractivity contribution >= 4 is 48.3 Å². The Balaban J connectivity index is 1.52. The summed E-state index contributed by atoms with van der Waals surface area (Å²) in [6.45, 7) is 4.24. The van der Waals surface area contributed by atoms with E-state index in [1.807, 2.05) is 12.1 Å². The van der Waals surface area contributed by atoms with E-state index in [9.17, 15) is 26.4 Å². The first-order chi connectivity index (χ1) is 20.0. The van der Waals surface area contributed by atoms with Crippen molar-refractivity contribution in [3.63, 3.8) is 0 Å². The van der Waals surface area contributed by atoms with E-state index in [1.165, 1.54) is 17.0 Å². The van der Waals surface area contributed by atoms with Crippen LogP contribution in [0.4, 0.5) is 5.69 Å². The number of carbonyl (C=O) groups excluding carboxylic acids is 2. The van der Waals surface area contributed by atoms with E-state index in [0.717, 1.165) is 5.39 Å². The highest BCUT2D eigenvalue weighted by molar-refractivity contribution is 7.92. The smallest absolute Gasteiger partial charge is 0.264 e. The number of benzene rings is 4. The third-order valence-electron chi connectivity index (χ3n) is 6.82. The van der Waals surface area contributed by atoms with Gasteiger partial charge in [-0.25, -0.2) is 21.6 Å². The van der Waals surface area contributed by atoms with Crippen LogP contribution in [0.15, 0.2) is 102 Å². The van der Waals surface area contributed by atoms with Crippen molar-refractivity contribution in [1.29, 1.82) is 0 Å². The van der Waals surface area contributed by atoms with Crippen LogP contribution in [0, 0.1) is 5.92 Å². The van der Waals surface area contributed by atoms with Crippen molar-refractivity contribution in [1.82, 2.24) is 9.62 Å². The van der Waals surface area contributed by atoms with Crippen LogP contribution in [-0.4, -0.2) is 46.6 Å². The number of amides is 2. The van der Waals surface area contributed by atoms with Crippen LogP contribution >= 0.6 is 0 Å². The van der Waals surface area contributed by atoms with Crippen LogP contribution in [-0.2, 0) is 41.8 Å². The van der Waals surface area contributed by atoms with Crippen molar-refractivity contribution in [3.8, 4) is 0 Å². The molecule has 0 spiro atoms.